The Balaban J connectivity index is 2.03. The molecule has 0 aliphatic heterocycles. The molecule has 0 bridgehead atoms. The van der Waals surface area contributed by atoms with Crippen molar-refractivity contribution in [2.45, 2.75) is 33.7 Å². The van der Waals surface area contributed by atoms with E-state index in [0.29, 0.717) is 5.69 Å². The smallest absolute Gasteiger partial charge is 0.270 e. The Kier molecular flexibility index (Phi) is 3.98. The van der Waals surface area contributed by atoms with E-state index in [-0.39, 0.29) is 11.9 Å². The van der Waals surface area contributed by atoms with E-state index in [1.807, 2.05) is 27.1 Å². The molecule has 1 atom stereocenters. The molecule has 0 spiro atoms. The number of aryl methyl sites for hydroxylation is 3. The molecule has 0 unspecified atom stereocenters. The first-order chi connectivity index (χ1) is 10.9. The van der Waals surface area contributed by atoms with E-state index < -0.39 is 0 Å². The van der Waals surface area contributed by atoms with Crippen LogP contribution in [0, 0.1) is 20.8 Å². The van der Waals surface area contributed by atoms with Gasteiger partial charge in [-0.05, 0) is 44.4 Å². The van der Waals surface area contributed by atoms with Gasteiger partial charge in [-0.15, -0.1) is 11.3 Å². The summed E-state index contributed by atoms with van der Waals surface area (Å²) >= 11 is 1.57. The zero-order chi connectivity index (χ0) is 16.7. The predicted octanol–water partition coefficient (Wildman–Crippen LogP) is 4.38. The van der Waals surface area contributed by atoms with Crippen molar-refractivity contribution in [3.63, 3.8) is 0 Å². The van der Waals surface area contributed by atoms with E-state index in [2.05, 4.69) is 35.9 Å². The highest BCUT2D eigenvalue weighted by Crippen LogP contribution is 2.30. The molecular formula is C18H21N3OS. The third kappa shape index (κ3) is 2.55. The van der Waals surface area contributed by atoms with E-state index in [9.17, 15) is 4.79 Å². The number of rotatable bonds is 3. The fourth-order valence-electron chi connectivity index (χ4n) is 2.99. The maximum absolute atomic E-state index is 13.0. The molecule has 1 amide bonds. The van der Waals surface area contributed by atoms with Crippen LogP contribution >= 0.6 is 11.3 Å². The second kappa shape index (κ2) is 5.81. The number of hydrogen-bond acceptors (Lipinski definition) is 3. The van der Waals surface area contributed by atoms with Crippen LogP contribution in [-0.4, -0.2) is 27.8 Å². The summed E-state index contributed by atoms with van der Waals surface area (Å²) in [6, 6.07) is 4.20. The molecule has 0 aliphatic rings. The van der Waals surface area contributed by atoms with Crippen molar-refractivity contribution in [1.29, 1.82) is 0 Å². The molecule has 0 radical (unpaired) electrons. The molecule has 3 aromatic rings. The fourth-order valence-corrected chi connectivity index (χ4v) is 3.71. The third-order valence-electron chi connectivity index (χ3n) is 4.60. The molecule has 0 saturated heterocycles. The molecule has 3 rings (SSSR count). The van der Waals surface area contributed by atoms with Crippen LogP contribution in [0.3, 0.4) is 0 Å². The summed E-state index contributed by atoms with van der Waals surface area (Å²) in [5, 5.41) is 1.16. The number of nitrogens with zero attached hydrogens (tertiary/aromatic N) is 2. The molecule has 4 nitrogen and oxygen atoms in total. The predicted molar refractivity (Wildman–Crippen MR) is 95.1 cm³/mol. The van der Waals surface area contributed by atoms with Gasteiger partial charge < -0.3 is 9.88 Å². The minimum atomic E-state index is 0.00278. The largest absolute Gasteiger partial charge is 0.350 e. The molecular weight excluding hydrogens is 306 g/mol. The molecule has 5 heteroatoms. The van der Waals surface area contributed by atoms with Crippen molar-refractivity contribution in [2.75, 3.05) is 7.05 Å². The minimum absolute atomic E-state index is 0.00278. The summed E-state index contributed by atoms with van der Waals surface area (Å²) in [5.41, 5.74) is 6.91. The van der Waals surface area contributed by atoms with E-state index in [1.165, 1.54) is 5.56 Å². The zero-order valence-corrected chi connectivity index (χ0v) is 14.9. The number of hydrogen-bond donors (Lipinski definition) is 1. The summed E-state index contributed by atoms with van der Waals surface area (Å²) in [6.07, 6.45) is 1.82. The van der Waals surface area contributed by atoms with Crippen molar-refractivity contribution < 1.29 is 4.79 Å². The first-order valence-electron chi connectivity index (χ1n) is 7.65. The minimum Gasteiger partial charge on any atom is -0.350 e. The maximum Gasteiger partial charge on any atom is 0.270 e. The normalized spacial score (nSPS) is 12.6. The zero-order valence-electron chi connectivity index (χ0n) is 14.1. The number of carbonyl (C=O) groups is 1. The summed E-state index contributed by atoms with van der Waals surface area (Å²) in [4.78, 5) is 23.3. The highest BCUT2D eigenvalue weighted by molar-refractivity contribution is 7.09. The number of aromatic amines is 1. The molecule has 0 saturated carbocycles. The number of thiazole rings is 1. The lowest BCUT2D eigenvalue weighted by Gasteiger charge is -2.23. The van der Waals surface area contributed by atoms with Crippen LogP contribution in [0.1, 0.15) is 45.0 Å². The number of H-pyrrole nitrogens is 1. The lowest BCUT2D eigenvalue weighted by molar-refractivity contribution is 0.0739. The van der Waals surface area contributed by atoms with Gasteiger partial charge in [-0.3, -0.25) is 9.78 Å². The Bertz CT molecular complexity index is 864. The van der Waals surface area contributed by atoms with Gasteiger partial charge in [0.2, 0.25) is 0 Å². The van der Waals surface area contributed by atoms with Crippen molar-refractivity contribution >= 4 is 28.1 Å². The molecule has 2 heterocycles. The second-order valence-electron chi connectivity index (χ2n) is 6.07. The Hall–Kier alpha value is -2.14. The number of carbonyl (C=O) groups excluding carboxylic acids is 1. The van der Waals surface area contributed by atoms with Crippen molar-refractivity contribution in [3.05, 3.63) is 51.1 Å². The average molecular weight is 327 g/mol. The van der Waals surface area contributed by atoms with Crippen LogP contribution < -0.4 is 0 Å². The van der Waals surface area contributed by atoms with Gasteiger partial charge in [-0.2, -0.15) is 0 Å². The van der Waals surface area contributed by atoms with Gasteiger partial charge in [-0.1, -0.05) is 12.1 Å². The number of amides is 1. The van der Waals surface area contributed by atoms with Gasteiger partial charge >= 0.3 is 0 Å². The monoisotopic (exact) mass is 327 g/mol. The highest BCUT2D eigenvalue weighted by atomic mass is 32.1. The number of nitrogens with one attached hydrogen (secondary N) is 1. The van der Waals surface area contributed by atoms with Crippen LogP contribution in [0.2, 0.25) is 0 Å². The van der Waals surface area contributed by atoms with E-state index >= 15 is 0 Å². The van der Waals surface area contributed by atoms with Gasteiger partial charge in [0.05, 0.1) is 11.6 Å². The molecule has 23 heavy (non-hydrogen) atoms. The van der Waals surface area contributed by atoms with Gasteiger partial charge in [0.1, 0.15) is 5.69 Å². The Labute approximate surface area is 140 Å². The summed E-state index contributed by atoms with van der Waals surface area (Å²) in [6.45, 7) is 8.19. The Morgan fingerprint density at radius 3 is 2.57 bits per heavy atom. The van der Waals surface area contributed by atoms with Gasteiger partial charge in [0.25, 0.3) is 5.91 Å². The standard InChI is InChI=1S/C18H21N3OS/c1-10-6-7-11(2)16-15(10)12(3)17(20-16)18(22)21(5)13(4)14-8-19-9-23-14/h6-9,13,20H,1-5H3/t13-/m0/s1. The summed E-state index contributed by atoms with van der Waals surface area (Å²) in [7, 11) is 1.84. The third-order valence-corrected chi connectivity index (χ3v) is 5.55. The van der Waals surface area contributed by atoms with Crippen molar-refractivity contribution in [2.24, 2.45) is 0 Å². The first-order valence-corrected chi connectivity index (χ1v) is 8.53. The summed E-state index contributed by atoms with van der Waals surface area (Å²) < 4.78 is 0. The number of aromatic nitrogens is 2. The lowest BCUT2D eigenvalue weighted by Crippen LogP contribution is -2.30. The Morgan fingerprint density at radius 1 is 1.26 bits per heavy atom. The number of fused-ring (bicyclic) bond motifs is 1. The van der Waals surface area contributed by atoms with Gasteiger partial charge in [0, 0.05) is 29.0 Å². The molecule has 1 N–H and O–H groups in total. The molecule has 2 aromatic heterocycles. The van der Waals surface area contributed by atoms with Crippen molar-refractivity contribution in [1.82, 2.24) is 14.9 Å². The number of benzene rings is 1. The highest BCUT2D eigenvalue weighted by Gasteiger charge is 2.24. The van der Waals surface area contributed by atoms with Gasteiger partial charge in [0.15, 0.2) is 0 Å². The molecule has 1 aromatic carbocycles. The van der Waals surface area contributed by atoms with Crippen LogP contribution in [-0.2, 0) is 0 Å². The average Bonchev–Trinajstić information content (AvgIpc) is 3.17. The maximum atomic E-state index is 13.0. The quantitative estimate of drug-likeness (QED) is 0.776. The lowest BCUT2D eigenvalue weighted by atomic mass is 10.0. The first kappa shape index (κ1) is 15.7. The van der Waals surface area contributed by atoms with Crippen LogP contribution in [0.4, 0.5) is 0 Å². The van der Waals surface area contributed by atoms with E-state index in [0.717, 1.165) is 26.9 Å². The molecule has 120 valence electrons. The van der Waals surface area contributed by atoms with Crippen LogP contribution in [0.5, 0.6) is 0 Å². The fraction of sp³-hybridized carbons (Fsp3) is 0.333. The molecule has 0 aliphatic carbocycles. The van der Waals surface area contributed by atoms with Crippen molar-refractivity contribution in [3.8, 4) is 0 Å². The topological polar surface area (TPSA) is 49.0 Å². The van der Waals surface area contributed by atoms with Gasteiger partial charge in [-0.25, -0.2) is 0 Å². The second-order valence-corrected chi connectivity index (χ2v) is 6.99. The Morgan fingerprint density at radius 2 is 1.96 bits per heavy atom. The molecule has 0 fully saturated rings. The summed E-state index contributed by atoms with van der Waals surface area (Å²) in [5.74, 6) is 0.0124. The van der Waals surface area contributed by atoms with E-state index in [1.54, 1.807) is 21.7 Å². The van der Waals surface area contributed by atoms with Crippen LogP contribution in [0.25, 0.3) is 10.9 Å². The van der Waals surface area contributed by atoms with E-state index in [4.69, 9.17) is 0 Å². The SMILES string of the molecule is Cc1ccc(C)c2c(C)c(C(=O)N(C)[C@@H](C)c3cncs3)[nH]c12. The van der Waals surface area contributed by atoms with Crippen LogP contribution in [0.15, 0.2) is 23.8 Å².